The zero-order valence-electron chi connectivity index (χ0n) is 10.2. The number of anilines is 1. The van der Waals surface area contributed by atoms with E-state index in [0.717, 1.165) is 21.8 Å². The molecule has 1 aromatic carbocycles. The fourth-order valence-electron chi connectivity index (χ4n) is 1.70. The highest BCUT2D eigenvalue weighted by Crippen LogP contribution is 2.20. The minimum atomic E-state index is 0.0992. The van der Waals surface area contributed by atoms with Crippen LogP contribution in [0.4, 0.5) is 5.69 Å². The average Bonchev–Trinajstić information content (AvgIpc) is 2.79. The van der Waals surface area contributed by atoms with Crippen molar-refractivity contribution in [3.05, 3.63) is 46.7 Å². The number of aromatic nitrogens is 2. The van der Waals surface area contributed by atoms with Gasteiger partial charge in [-0.3, -0.25) is 4.68 Å². The number of aryl methyl sites for hydroxylation is 1. The van der Waals surface area contributed by atoms with Crippen molar-refractivity contribution in [1.29, 1.82) is 0 Å². The fourth-order valence-corrected chi connectivity index (χ4v) is 1.88. The second kappa shape index (κ2) is 5.89. The van der Waals surface area contributed by atoms with E-state index in [9.17, 15) is 0 Å². The smallest absolute Gasteiger partial charge is 0.0640 e. The van der Waals surface area contributed by atoms with Crippen LogP contribution in [0.3, 0.4) is 0 Å². The van der Waals surface area contributed by atoms with E-state index >= 15 is 0 Å². The standard InChI is InChI=1S/C13H16ClN3O/c1-10-2-3-12(14)6-13(10)15-7-11-8-16-17(9-11)4-5-18/h2-3,6,8-9,15,18H,4-5,7H2,1H3. The van der Waals surface area contributed by atoms with Crippen molar-refractivity contribution < 1.29 is 5.11 Å². The number of benzene rings is 1. The molecule has 0 aliphatic rings. The Morgan fingerprint density at radius 3 is 3.06 bits per heavy atom. The molecule has 0 bridgehead atoms. The van der Waals surface area contributed by atoms with Crippen molar-refractivity contribution in [3.8, 4) is 0 Å². The van der Waals surface area contributed by atoms with Crippen LogP contribution in [-0.4, -0.2) is 21.5 Å². The Morgan fingerprint density at radius 2 is 2.28 bits per heavy atom. The van der Waals surface area contributed by atoms with Gasteiger partial charge >= 0.3 is 0 Å². The maximum absolute atomic E-state index is 8.81. The molecule has 0 atom stereocenters. The summed E-state index contributed by atoms with van der Waals surface area (Å²) in [5, 5.41) is 17.0. The Hall–Kier alpha value is -1.52. The van der Waals surface area contributed by atoms with Gasteiger partial charge < -0.3 is 10.4 Å². The first kappa shape index (κ1) is 12.9. The molecular weight excluding hydrogens is 250 g/mol. The Kier molecular flexibility index (Phi) is 4.23. The number of rotatable bonds is 5. The molecule has 0 aliphatic heterocycles. The molecule has 0 fully saturated rings. The van der Waals surface area contributed by atoms with E-state index < -0.39 is 0 Å². The molecular formula is C13H16ClN3O. The van der Waals surface area contributed by atoms with E-state index in [4.69, 9.17) is 16.7 Å². The third-order valence-corrected chi connectivity index (χ3v) is 2.93. The minimum absolute atomic E-state index is 0.0992. The van der Waals surface area contributed by atoms with Gasteiger partial charge in [0.25, 0.3) is 0 Å². The molecule has 18 heavy (non-hydrogen) atoms. The summed E-state index contributed by atoms with van der Waals surface area (Å²) in [4.78, 5) is 0. The summed E-state index contributed by atoms with van der Waals surface area (Å²) >= 11 is 5.96. The molecule has 1 heterocycles. The lowest BCUT2D eigenvalue weighted by molar-refractivity contribution is 0.269. The Balaban J connectivity index is 1.99. The van der Waals surface area contributed by atoms with Gasteiger partial charge in [-0.25, -0.2) is 0 Å². The Morgan fingerprint density at radius 1 is 1.44 bits per heavy atom. The van der Waals surface area contributed by atoms with Gasteiger partial charge in [-0.1, -0.05) is 17.7 Å². The molecule has 0 saturated heterocycles. The number of aliphatic hydroxyl groups excluding tert-OH is 1. The summed E-state index contributed by atoms with van der Waals surface area (Å²) in [5.74, 6) is 0. The van der Waals surface area contributed by atoms with Crippen molar-refractivity contribution in [1.82, 2.24) is 9.78 Å². The molecule has 5 heteroatoms. The molecule has 2 rings (SSSR count). The van der Waals surface area contributed by atoms with Crippen LogP contribution in [0.15, 0.2) is 30.6 Å². The van der Waals surface area contributed by atoms with E-state index in [2.05, 4.69) is 10.4 Å². The fraction of sp³-hybridized carbons (Fsp3) is 0.308. The summed E-state index contributed by atoms with van der Waals surface area (Å²) in [7, 11) is 0. The lowest BCUT2D eigenvalue weighted by atomic mass is 10.2. The van der Waals surface area contributed by atoms with Crippen LogP contribution in [0.1, 0.15) is 11.1 Å². The SMILES string of the molecule is Cc1ccc(Cl)cc1NCc1cnn(CCO)c1. The second-order valence-electron chi connectivity index (χ2n) is 4.15. The average molecular weight is 266 g/mol. The summed E-state index contributed by atoms with van der Waals surface area (Å²) in [6.45, 7) is 3.35. The molecule has 0 unspecified atom stereocenters. The first-order valence-corrected chi connectivity index (χ1v) is 6.19. The van der Waals surface area contributed by atoms with Gasteiger partial charge in [-0.2, -0.15) is 5.10 Å². The molecule has 4 nitrogen and oxygen atoms in total. The molecule has 2 aromatic rings. The lowest BCUT2D eigenvalue weighted by Crippen LogP contribution is -2.02. The van der Waals surface area contributed by atoms with Gasteiger partial charge in [0.2, 0.25) is 0 Å². The highest BCUT2D eigenvalue weighted by atomic mass is 35.5. The van der Waals surface area contributed by atoms with Crippen LogP contribution < -0.4 is 5.32 Å². The van der Waals surface area contributed by atoms with Crippen molar-refractivity contribution in [2.45, 2.75) is 20.0 Å². The van der Waals surface area contributed by atoms with Gasteiger partial charge in [0.15, 0.2) is 0 Å². The van der Waals surface area contributed by atoms with Crippen LogP contribution >= 0.6 is 11.6 Å². The van der Waals surface area contributed by atoms with Crippen LogP contribution in [0.5, 0.6) is 0 Å². The quantitative estimate of drug-likeness (QED) is 0.873. The largest absolute Gasteiger partial charge is 0.394 e. The summed E-state index contributed by atoms with van der Waals surface area (Å²) in [6, 6.07) is 5.77. The van der Waals surface area contributed by atoms with Crippen molar-refractivity contribution in [2.24, 2.45) is 0 Å². The second-order valence-corrected chi connectivity index (χ2v) is 4.58. The molecule has 96 valence electrons. The number of hydrogen-bond donors (Lipinski definition) is 2. The third kappa shape index (κ3) is 3.24. The number of nitrogens with zero attached hydrogens (tertiary/aromatic N) is 2. The molecule has 2 N–H and O–H groups in total. The van der Waals surface area contributed by atoms with Gasteiger partial charge in [0.1, 0.15) is 0 Å². The molecule has 0 aliphatic carbocycles. The maximum atomic E-state index is 8.81. The zero-order valence-corrected chi connectivity index (χ0v) is 11.0. The minimum Gasteiger partial charge on any atom is -0.394 e. The predicted octanol–water partition coefficient (Wildman–Crippen LogP) is 2.45. The van der Waals surface area contributed by atoms with Crippen molar-refractivity contribution in [3.63, 3.8) is 0 Å². The summed E-state index contributed by atoms with van der Waals surface area (Å²) in [5.41, 5.74) is 3.25. The van der Waals surface area contributed by atoms with Crippen LogP contribution in [-0.2, 0) is 13.1 Å². The normalized spacial score (nSPS) is 10.6. The van der Waals surface area contributed by atoms with E-state index in [-0.39, 0.29) is 6.61 Å². The first-order chi connectivity index (χ1) is 8.69. The first-order valence-electron chi connectivity index (χ1n) is 5.81. The van der Waals surface area contributed by atoms with Crippen molar-refractivity contribution in [2.75, 3.05) is 11.9 Å². The maximum Gasteiger partial charge on any atom is 0.0640 e. The number of hydrogen-bond acceptors (Lipinski definition) is 3. The van der Waals surface area contributed by atoms with E-state index in [1.54, 1.807) is 10.9 Å². The predicted molar refractivity (Wildman–Crippen MR) is 72.8 cm³/mol. The molecule has 1 aromatic heterocycles. The van der Waals surface area contributed by atoms with E-state index in [0.29, 0.717) is 13.1 Å². The molecule has 0 saturated carbocycles. The van der Waals surface area contributed by atoms with Gasteiger partial charge in [0.05, 0.1) is 19.3 Å². The summed E-state index contributed by atoms with van der Waals surface area (Å²) in [6.07, 6.45) is 3.71. The van der Waals surface area contributed by atoms with Crippen LogP contribution in [0, 0.1) is 6.92 Å². The van der Waals surface area contributed by atoms with Gasteiger partial charge in [-0.15, -0.1) is 0 Å². The van der Waals surface area contributed by atoms with Crippen LogP contribution in [0.2, 0.25) is 5.02 Å². The van der Waals surface area contributed by atoms with Crippen molar-refractivity contribution >= 4 is 17.3 Å². The number of aliphatic hydroxyl groups is 1. The number of nitrogens with one attached hydrogen (secondary N) is 1. The molecule has 0 radical (unpaired) electrons. The topological polar surface area (TPSA) is 50.1 Å². The highest BCUT2D eigenvalue weighted by molar-refractivity contribution is 6.30. The van der Waals surface area contributed by atoms with E-state index in [1.807, 2.05) is 31.3 Å². The third-order valence-electron chi connectivity index (χ3n) is 2.70. The Labute approximate surface area is 111 Å². The number of halogens is 1. The van der Waals surface area contributed by atoms with E-state index in [1.165, 1.54) is 0 Å². The highest BCUT2D eigenvalue weighted by Gasteiger charge is 2.01. The lowest BCUT2D eigenvalue weighted by Gasteiger charge is -2.08. The van der Waals surface area contributed by atoms with Crippen LogP contribution in [0.25, 0.3) is 0 Å². The van der Waals surface area contributed by atoms with Gasteiger partial charge in [0, 0.05) is 29.0 Å². The monoisotopic (exact) mass is 265 g/mol. The zero-order chi connectivity index (χ0) is 13.0. The van der Waals surface area contributed by atoms with Gasteiger partial charge in [-0.05, 0) is 24.6 Å². The summed E-state index contributed by atoms with van der Waals surface area (Å²) < 4.78 is 1.72. The molecule has 0 amide bonds. The molecule has 0 spiro atoms. The Bertz CT molecular complexity index is 525.